The lowest BCUT2D eigenvalue weighted by atomic mass is 10.1. The van der Waals surface area contributed by atoms with Gasteiger partial charge < -0.3 is 8.97 Å². The zero-order valence-corrected chi connectivity index (χ0v) is 20.7. The quantitative estimate of drug-likeness (QED) is 0.393. The Morgan fingerprint density at radius 3 is 2.11 bits per heavy atom. The van der Waals surface area contributed by atoms with Crippen molar-refractivity contribution in [2.45, 2.75) is 59.1 Å². The number of carbonyl (C=O) groups excluding carboxylic acids is 2. The molecule has 0 spiro atoms. The van der Waals surface area contributed by atoms with E-state index in [2.05, 4.69) is 48.8 Å². The lowest BCUT2D eigenvalue weighted by Crippen LogP contribution is -2.52. The van der Waals surface area contributed by atoms with Crippen molar-refractivity contribution in [1.29, 1.82) is 0 Å². The topological polar surface area (TPSA) is 34.1 Å². The third-order valence-electron chi connectivity index (χ3n) is 5.06. The highest BCUT2D eigenvalue weighted by molar-refractivity contribution is 8.14. The number of carbonyl (C=O) groups is 2. The van der Waals surface area contributed by atoms with E-state index in [0.29, 0.717) is 10.4 Å². The molecule has 0 aliphatic heterocycles. The van der Waals surface area contributed by atoms with Crippen LogP contribution in [-0.2, 0) is 9.59 Å². The molecule has 27 heavy (non-hydrogen) atoms. The number of hydrogen-bond donors (Lipinski definition) is 0. The van der Waals surface area contributed by atoms with Crippen LogP contribution in [0.1, 0.15) is 53.9 Å². The fourth-order valence-corrected chi connectivity index (χ4v) is 5.69. The van der Waals surface area contributed by atoms with Gasteiger partial charge in [-0.25, -0.2) is 0 Å². The van der Waals surface area contributed by atoms with Crippen LogP contribution in [-0.4, -0.2) is 84.1 Å². The molecule has 4 nitrogen and oxygen atoms in total. The molecule has 160 valence electrons. The molecule has 0 aromatic carbocycles. The Morgan fingerprint density at radius 2 is 1.63 bits per heavy atom. The standard InChI is InChI=1S/C21H44N2O2S2/c1-9-13-23(10-2,17-19(4)27-20(5)24)14-11-12-18(3)21(25)26-16-15-22(6,7)8/h18-19H,9-17H2,1-8H3/q+2. The smallest absolute Gasteiger partial charge is 0.191 e. The van der Waals surface area contributed by atoms with Crippen molar-refractivity contribution in [2.24, 2.45) is 5.92 Å². The van der Waals surface area contributed by atoms with E-state index in [1.807, 2.05) is 0 Å². The molecular formula is C21H44N2O2S2+2. The first-order valence-electron chi connectivity index (χ1n) is 10.4. The molecule has 0 aromatic rings. The zero-order valence-electron chi connectivity index (χ0n) is 19.0. The maximum atomic E-state index is 12.4. The summed E-state index contributed by atoms with van der Waals surface area (Å²) in [5.74, 6) is 1.03. The van der Waals surface area contributed by atoms with Crippen LogP contribution >= 0.6 is 23.5 Å². The van der Waals surface area contributed by atoms with Crippen molar-refractivity contribution in [3.63, 3.8) is 0 Å². The SMILES string of the molecule is CCC[N+](CC)(CCCC(C)C(=O)SCC[N+](C)(C)C)CC(C)SC(C)=O. The molecule has 0 rings (SSSR count). The third-order valence-corrected chi connectivity index (χ3v) is 7.02. The molecule has 6 heteroatoms. The number of rotatable bonds is 14. The maximum absolute atomic E-state index is 12.4. The minimum Gasteiger partial charge on any atom is -0.330 e. The van der Waals surface area contributed by atoms with Crippen molar-refractivity contribution >= 4 is 33.8 Å². The lowest BCUT2D eigenvalue weighted by Gasteiger charge is -2.39. The van der Waals surface area contributed by atoms with Gasteiger partial charge >= 0.3 is 0 Å². The molecule has 3 atom stereocenters. The average molecular weight is 421 g/mol. The molecule has 3 unspecified atom stereocenters. The first kappa shape index (κ1) is 27.0. The van der Waals surface area contributed by atoms with Gasteiger partial charge in [-0.05, 0) is 33.1 Å². The van der Waals surface area contributed by atoms with Gasteiger partial charge in [0.1, 0.15) is 0 Å². The zero-order chi connectivity index (χ0) is 21.1. The van der Waals surface area contributed by atoms with Gasteiger partial charge in [0.05, 0.1) is 64.9 Å². The number of thioether (sulfide) groups is 2. The maximum Gasteiger partial charge on any atom is 0.191 e. The van der Waals surface area contributed by atoms with Crippen molar-refractivity contribution in [2.75, 3.05) is 59.6 Å². The minimum atomic E-state index is 0.131. The van der Waals surface area contributed by atoms with Crippen molar-refractivity contribution in [3.8, 4) is 0 Å². The summed E-state index contributed by atoms with van der Waals surface area (Å²) in [6.45, 7) is 15.8. The summed E-state index contributed by atoms with van der Waals surface area (Å²) >= 11 is 2.97. The van der Waals surface area contributed by atoms with Gasteiger partial charge in [-0.2, -0.15) is 0 Å². The second-order valence-corrected chi connectivity index (χ2v) is 11.6. The van der Waals surface area contributed by atoms with E-state index in [1.165, 1.54) is 23.5 Å². The molecule has 0 aliphatic carbocycles. The van der Waals surface area contributed by atoms with Crippen LogP contribution in [0.5, 0.6) is 0 Å². The first-order valence-corrected chi connectivity index (χ1v) is 12.3. The highest BCUT2D eigenvalue weighted by Gasteiger charge is 2.28. The Labute approximate surface area is 177 Å². The van der Waals surface area contributed by atoms with Crippen LogP contribution in [0.3, 0.4) is 0 Å². The second kappa shape index (κ2) is 13.2. The van der Waals surface area contributed by atoms with Crippen LogP contribution in [0.4, 0.5) is 0 Å². The summed E-state index contributed by atoms with van der Waals surface area (Å²) < 4.78 is 1.96. The van der Waals surface area contributed by atoms with E-state index in [-0.39, 0.29) is 11.0 Å². The van der Waals surface area contributed by atoms with Crippen LogP contribution in [0.25, 0.3) is 0 Å². The summed E-state index contributed by atoms with van der Waals surface area (Å²) in [4.78, 5) is 23.8. The Bertz CT molecular complexity index is 452. The van der Waals surface area contributed by atoms with Crippen molar-refractivity contribution in [1.82, 2.24) is 0 Å². The molecule has 0 saturated heterocycles. The normalized spacial score (nSPS) is 16.6. The van der Waals surface area contributed by atoms with E-state index in [0.717, 1.165) is 66.7 Å². The second-order valence-electron chi connectivity index (χ2n) is 8.93. The highest BCUT2D eigenvalue weighted by atomic mass is 32.2. The van der Waals surface area contributed by atoms with E-state index in [9.17, 15) is 9.59 Å². The number of hydrogen-bond acceptors (Lipinski definition) is 4. The summed E-state index contributed by atoms with van der Waals surface area (Å²) in [5.41, 5.74) is 0. The first-order chi connectivity index (χ1) is 12.4. The van der Waals surface area contributed by atoms with E-state index >= 15 is 0 Å². The lowest BCUT2D eigenvalue weighted by molar-refractivity contribution is -0.926. The van der Waals surface area contributed by atoms with Crippen molar-refractivity contribution < 1.29 is 18.6 Å². The largest absolute Gasteiger partial charge is 0.330 e. The molecule has 0 bridgehead atoms. The summed E-state index contributed by atoms with van der Waals surface area (Å²) in [7, 11) is 6.49. The Kier molecular flexibility index (Phi) is 13.2. The monoisotopic (exact) mass is 420 g/mol. The Morgan fingerprint density at radius 1 is 1.00 bits per heavy atom. The van der Waals surface area contributed by atoms with Crippen LogP contribution in [0, 0.1) is 5.92 Å². The van der Waals surface area contributed by atoms with E-state index < -0.39 is 0 Å². The fraction of sp³-hybridized carbons (Fsp3) is 0.905. The van der Waals surface area contributed by atoms with Crippen molar-refractivity contribution in [3.05, 3.63) is 0 Å². The van der Waals surface area contributed by atoms with Gasteiger partial charge in [-0.15, -0.1) is 0 Å². The van der Waals surface area contributed by atoms with Gasteiger partial charge in [0, 0.05) is 12.8 Å². The predicted octanol–water partition coefficient (Wildman–Crippen LogP) is 4.28. The molecule has 0 heterocycles. The van der Waals surface area contributed by atoms with Gasteiger partial charge in [-0.3, -0.25) is 9.59 Å². The molecule has 0 amide bonds. The predicted molar refractivity (Wildman–Crippen MR) is 122 cm³/mol. The van der Waals surface area contributed by atoms with Gasteiger partial charge in [-0.1, -0.05) is 37.4 Å². The Balaban J connectivity index is 4.53. The van der Waals surface area contributed by atoms with Crippen LogP contribution < -0.4 is 0 Å². The third kappa shape index (κ3) is 12.9. The van der Waals surface area contributed by atoms with E-state index in [4.69, 9.17) is 0 Å². The molecular weight excluding hydrogens is 376 g/mol. The molecule has 0 aromatic heterocycles. The molecule has 0 N–H and O–H groups in total. The number of quaternary nitrogens is 2. The van der Waals surface area contributed by atoms with Gasteiger partial charge in [0.2, 0.25) is 0 Å². The van der Waals surface area contributed by atoms with Crippen LogP contribution in [0.2, 0.25) is 0 Å². The Hall–Kier alpha value is -0.0400. The molecule has 0 fully saturated rings. The number of nitrogens with zero attached hydrogens (tertiary/aromatic N) is 2. The van der Waals surface area contributed by atoms with Crippen LogP contribution in [0.15, 0.2) is 0 Å². The summed E-state index contributed by atoms with van der Waals surface area (Å²) in [5, 5.41) is 0.895. The minimum absolute atomic E-state index is 0.131. The van der Waals surface area contributed by atoms with Gasteiger partial charge in [0.25, 0.3) is 0 Å². The van der Waals surface area contributed by atoms with Gasteiger partial charge in [0.15, 0.2) is 10.2 Å². The summed E-state index contributed by atoms with van der Waals surface area (Å²) in [6, 6.07) is 0. The molecule has 0 saturated carbocycles. The summed E-state index contributed by atoms with van der Waals surface area (Å²) in [6.07, 6.45) is 3.20. The fourth-order valence-electron chi connectivity index (χ4n) is 3.49. The average Bonchev–Trinajstić information content (AvgIpc) is 2.52. The molecule has 0 aliphatic rings. The molecule has 0 radical (unpaired) electrons. The highest BCUT2D eigenvalue weighted by Crippen LogP contribution is 2.22. The van der Waals surface area contributed by atoms with E-state index in [1.54, 1.807) is 6.92 Å².